The van der Waals surface area contributed by atoms with E-state index in [1.807, 2.05) is 18.2 Å². The van der Waals surface area contributed by atoms with Crippen molar-refractivity contribution in [2.45, 2.75) is 19.0 Å². The van der Waals surface area contributed by atoms with Gasteiger partial charge in [0.25, 0.3) is 0 Å². The number of ether oxygens (including phenoxy) is 2. The van der Waals surface area contributed by atoms with Gasteiger partial charge in [-0.15, -0.1) is 0 Å². The van der Waals surface area contributed by atoms with Gasteiger partial charge in [0.2, 0.25) is 0 Å². The largest absolute Gasteiger partial charge is 0.497 e. The van der Waals surface area contributed by atoms with Gasteiger partial charge in [-0.2, -0.15) is 0 Å². The summed E-state index contributed by atoms with van der Waals surface area (Å²) in [6.45, 7) is 0.772. The lowest BCUT2D eigenvalue weighted by Gasteiger charge is -2.10. The third-order valence-corrected chi connectivity index (χ3v) is 2.86. The van der Waals surface area contributed by atoms with Crippen molar-refractivity contribution in [2.24, 2.45) is 0 Å². The lowest BCUT2D eigenvalue weighted by Crippen LogP contribution is -2.17. The Morgan fingerprint density at radius 1 is 1.50 bits per heavy atom. The fraction of sp³-hybridized carbons (Fsp3) is 0.417. The highest BCUT2D eigenvalue weighted by Gasteiger charge is 2.24. The molecule has 0 radical (unpaired) electrons. The molecule has 0 aromatic heterocycles. The van der Waals surface area contributed by atoms with Gasteiger partial charge in [0, 0.05) is 12.6 Å². The molecule has 16 heavy (non-hydrogen) atoms. The first-order valence-electron chi connectivity index (χ1n) is 5.21. The minimum Gasteiger partial charge on any atom is -0.497 e. The summed E-state index contributed by atoms with van der Waals surface area (Å²) in [6.07, 6.45) is 0.371. The van der Waals surface area contributed by atoms with Crippen LogP contribution in [0.1, 0.15) is 23.6 Å². The Balaban J connectivity index is 2.17. The van der Waals surface area contributed by atoms with E-state index in [4.69, 9.17) is 4.74 Å². The minimum atomic E-state index is -0.193. The van der Waals surface area contributed by atoms with Crippen LogP contribution in [0.15, 0.2) is 18.2 Å². The summed E-state index contributed by atoms with van der Waals surface area (Å²) >= 11 is 0. The van der Waals surface area contributed by atoms with Crippen molar-refractivity contribution in [3.63, 3.8) is 0 Å². The van der Waals surface area contributed by atoms with Crippen molar-refractivity contribution < 1.29 is 14.3 Å². The maximum atomic E-state index is 11.2. The molecule has 0 saturated heterocycles. The molecular formula is C12H15NO3. The SMILES string of the molecule is COC(=O)CC1NCc2cc(OC)ccc21. The van der Waals surface area contributed by atoms with E-state index in [0.717, 1.165) is 17.9 Å². The molecule has 1 unspecified atom stereocenters. The Hall–Kier alpha value is -1.55. The molecule has 0 aliphatic carbocycles. The Morgan fingerprint density at radius 2 is 2.31 bits per heavy atom. The smallest absolute Gasteiger partial charge is 0.307 e. The Labute approximate surface area is 94.6 Å². The van der Waals surface area contributed by atoms with Gasteiger partial charge in [0.05, 0.1) is 20.6 Å². The van der Waals surface area contributed by atoms with Crippen LogP contribution in [0.2, 0.25) is 0 Å². The van der Waals surface area contributed by atoms with Crippen molar-refractivity contribution >= 4 is 5.97 Å². The second-order valence-corrected chi connectivity index (χ2v) is 3.78. The molecular weight excluding hydrogens is 206 g/mol. The molecule has 0 fully saturated rings. The zero-order chi connectivity index (χ0) is 11.5. The van der Waals surface area contributed by atoms with Gasteiger partial charge < -0.3 is 14.8 Å². The molecule has 1 aliphatic heterocycles. The molecule has 1 N–H and O–H groups in total. The average molecular weight is 221 g/mol. The van der Waals surface area contributed by atoms with Crippen molar-refractivity contribution in [1.82, 2.24) is 5.32 Å². The monoisotopic (exact) mass is 221 g/mol. The number of esters is 1. The topological polar surface area (TPSA) is 47.6 Å². The number of nitrogens with one attached hydrogen (secondary N) is 1. The van der Waals surface area contributed by atoms with E-state index in [1.54, 1.807) is 7.11 Å². The van der Waals surface area contributed by atoms with Crippen molar-refractivity contribution in [1.29, 1.82) is 0 Å². The molecule has 2 rings (SSSR count). The van der Waals surface area contributed by atoms with E-state index in [1.165, 1.54) is 12.7 Å². The minimum absolute atomic E-state index is 0.0633. The predicted molar refractivity (Wildman–Crippen MR) is 59.2 cm³/mol. The summed E-state index contributed by atoms with van der Waals surface area (Å²) in [5.74, 6) is 0.653. The number of methoxy groups -OCH3 is 2. The van der Waals surface area contributed by atoms with Crippen LogP contribution in [-0.4, -0.2) is 20.2 Å². The van der Waals surface area contributed by atoms with Gasteiger partial charge in [0.15, 0.2) is 0 Å². The fourth-order valence-electron chi connectivity index (χ4n) is 1.98. The van der Waals surface area contributed by atoms with Crippen LogP contribution in [-0.2, 0) is 16.1 Å². The van der Waals surface area contributed by atoms with E-state index in [2.05, 4.69) is 10.1 Å². The third kappa shape index (κ3) is 2.02. The van der Waals surface area contributed by atoms with Crippen LogP contribution < -0.4 is 10.1 Å². The maximum absolute atomic E-state index is 11.2. The summed E-state index contributed by atoms with van der Waals surface area (Å²) in [6, 6.07) is 5.98. The Morgan fingerprint density at radius 3 is 3.00 bits per heavy atom. The number of hydrogen-bond donors (Lipinski definition) is 1. The molecule has 0 bridgehead atoms. The lowest BCUT2D eigenvalue weighted by atomic mass is 10.0. The Kier molecular flexibility index (Phi) is 3.10. The third-order valence-electron chi connectivity index (χ3n) is 2.86. The summed E-state index contributed by atoms with van der Waals surface area (Å²) in [4.78, 5) is 11.2. The number of hydrogen-bond acceptors (Lipinski definition) is 4. The second kappa shape index (κ2) is 4.53. The highest BCUT2D eigenvalue weighted by atomic mass is 16.5. The first-order chi connectivity index (χ1) is 7.74. The molecule has 1 aromatic rings. The zero-order valence-electron chi connectivity index (χ0n) is 9.45. The molecule has 1 heterocycles. The van der Waals surface area contributed by atoms with Crippen LogP contribution in [0.5, 0.6) is 5.75 Å². The van der Waals surface area contributed by atoms with Crippen LogP contribution in [0.4, 0.5) is 0 Å². The van der Waals surface area contributed by atoms with Crippen LogP contribution in [0.3, 0.4) is 0 Å². The molecule has 0 saturated carbocycles. The van der Waals surface area contributed by atoms with Gasteiger partial charge in [-0.05, 0) is 23.3 Å². The summed E-state index contributed by atoms with van der Waals surface area (Å²) in [7, 11) is 3.06. The molecule has 0 spiro atoms. The highest BCUT2D eigenvalue weighted by molar-refractivity contribution is 5.70. The molecule has 4 nitrogen and oxygen atoms in total. The van der Waals surface area contributed by atoms with Gasteiger partial charge in [0.1, 0.15) is 5.75 Å². The van der Waals surface area contributed by atoms with Crippen LogP contribution >= 0.6 is 0 Å². The van der Waals surface area contributed by atoms with E-state index < -0.39 is 0 Å². The molecule has 1 aromatic carbocycles. The normalized spacial score (nSPS) is 18.0. The van der Waals surface area contributed by atoms with Gasteiger partial charge >= 0.3 is 5.97 Å². The van der Waals surface area contributed by atoms with Gasteiger partial charge in [-0.1, -0.05) is 6.07 Å². The molecule has 0 amide bonds. The standard InChI is InChI=1S/C12H15NO3/c1-15-9-3-4-10-8(5-9)7-13-11(10)6-12(14)16-2/h3-5,11,13H,6-7H2,1-2H3. The summed E-state index contributed by atoms with van der Waals surface area (Å²) < 4.78 is 9.83. The second-order valence-electron chi connectivity index (χ2n) is 3.78. The van der Waals surface area contributed by atoms with E-state index >= 15 is 0 Å². The van der Waals surface area contributed by atoms with E-state index in [0.29, 0.717) is 6.42 Å². The number of fused-ring (bicyclic) bond motifs is 1. The van der Waals surface area contributed by atoms with Crippen molar-refractivity contribution in [3.05, 3.63) is 29.3 Å². The van der Waals surface area contributed by atoms with Crippen LogP contribution in [0.25, 0.3) is 0 Å². The van der Waals surface area contributed by atoms with Gasteiger partial charge in [-0.3, -0.25) is 4.79 Å². The van der Waals surface area contributed by atoms with Crippen molar-refractivity contribution in [2.75, 3.05) is 14.2 Å². The van der Waals surface area contributed by atoms with Gasteiger partial charge in [-0.25, -0.2) is 0 Å². The van der Waals surface area contributed by atoms with E-state index in [-0.39, 0.29) is 12.0 Å². The van der Waals surface area contributed by atoms with Crippen molar-refractivity contribution in [3.8, 4) is 5.75 Å². The summed E-state index contributed by atoms with van der Waals surface area (Å²) in [5.41, 5.74) is 2.35. The number of carbonyl (C=O) groups is 1. The zero-order valence-corrected chi connectivity index (χ0v) is 9.45. The first-order valence-corrected chi connectivity index (χ1v) is 5.21. The molecule has 1 aliphatic rings. The number of carbonyl (C=O) groups excluding carboxylic acids is 1. The van der Waals surface area contributed by atoms with E-state index in [9.17, 15) is 4.79 Å². The maximum Gasteiger partial charge on any atom is 0.307 e. The lowest BCUT2D eigenvalue weighted by molar-refractivity contribution is -0.141. The Bertz CT molecular complexity index is 403. The van der Waals surface area contributed by atoms with Crippen LogP contribution in [0, 0.1) is 0 Å². The quantitative estimate of drug-likeness (QED) is 0.784. The number of rotatable bonds is 3. The predicted octanol–water partition coefficient (Wildman–Crippen LogP) is 1.40. The average Bonchev–Trinajstić information content (AvgIpc) is 2.71. The fourth-order valence-corrected chi connectivity index (χ4v) is 1.98. The highest BCUT2D eigenvalue weighted by Crippen LogP contribution is 2.30. The summed E-state index contributed by atoms with van der Waals surface area (Å²) in [5, 5.41) is 3.28. The molecule has 1 atom stereocenters. The number of benzene rings is 1. The first kappa shape index (κ1) is 11.0. The molecule has 86 valence electrons. The molecule has 4 heteroatoms.